The number of ether oxygens (including phenoxy) is 1. The number of anilines is 3. The van der Waals surface area contributed by atoms with E-state index in [-0.39, 0.29) is 11.8 Å². The van der Waals surface area contributed by atoms with Crippen molar-refractivity contribution in [2.75, 3.05) is 68.5 Å². The van der Waals surface area contributed by atoms with Gasteiger partial charge in [0.25, 0.3) is 0 Å². The van der Waals surface area contributed by atoms with Crippen LogP contribution in [0.3, 0.4) is 0 Å². The quantitative estimate of drug-likeness (QED) is 0.295. The molecule has 3 N–H and O–H groups in total. The minimum absolute atomic E-state index is 0.0326. The normalized spacial score (nSPS) is 19.6. The van der Waals surface area contributed by atoms with Crippen LogP contribution in [0.15, 0.2) is 24.8 Å². The van der Waals surface area contributed by atoms with Crippen LogP contribution in [0.4, 0.5) is 17.2 Å². The lowest BCUT2D eigenvalue weighted by atomic mass is 9.94. The van der Waals surface area contributed by atoms with Crippen molar-refractivity contribution in [3.8, 4) is 6.01 Å². The first-order valence-electron chi connectivity index (χ1n) is 14.4. The van der Waals surface area contributed by atoms with Crippen LogP contribution in [-0.2, 0) is 17.8 Å². The van der Waals surface area contributed by atoms with Gasteiger partial charge < -0.3 is 35.5 Å². The van der Waals surface area contributed by atoms with Crippen LogP contribution in [0.1, 0.15) is 55.0 Å². The third-order valence-corrected chi connectivity index (χ3v) is 8.53. The molecule has 10 nitrogen and oxygen atoms in total. The Kier molecular flexibility index (Phi) is 8.25. The van der Waals surface area contributed by atoms with Crippen molar-refractivity contribution in [1.82, 2.24) is 19.8 Å². The second-order valence-corrected chi connectivity index (χ2v) is 11.3. The number of rotatable bonds is 8. The van der Waals surface area contributed by atoms with E-state index in [4.69, 9.17) is 25.8 Å². The highest BCUT2D eigenvalue weighted by Crippen LogP contribution is 2.38. The van der Waals surface area contributed by atoms with E-state index in [9.17, 15) is 4.79 Å². The fourth-order valence-corrected chi connectivity index (χ4v) is 6.14. The molecule has 214 valence electrons. The van der Waals surface area contributed by atoms with Crippen LogP contribution >= 0.6 is 0 Å². The molecule has 2 aromatic rings. The van der Waals surface area contributed by atoms with E-state index in [1.165, 1.54) is 24.3 Å². The molecule has 1 amide bonds. The van der Waals surface area contributed by atoms with E-state index >= 15 is 0 Å². The Morgan fingerprint density at radius 3 is 2.60 bits per heavy atom. The van der Waals surface area contributed by atoms with Crippen molar-refractivity contribution in [2.24, 2.45) is 0 Å². The minimum Gasteiger partial charge on any atom is -0.462 e. The number of piperazine rings is 1. The first kappa shape index (κ1) is 27.9. The zero-order valence-electron chi connectivity index (χ0n) is 24.0. The number of nitrogens with two attached hydrogens (primary N) is 1. The number of benzene rings is 1. The lowest BCUT2D eigenvalue weighted by Crippen LogP contribution is -2.49. The number of fused-ring (bicyclic) bond motifs is 1. The van der Waals surface area contributed by atoms with Crippen LogP contribution in [0.5, 0.6) is 6.01 Å². The number of nitrogens with one attached hydrogen (secondary N) is 1. The van der Waals surface area contributed by atoms with E-state index in [1.807, 2.05) is 11.0 Å². The Morgan fingerprint density at radius 2 is 1.95 bits per heavy atom. The number of aromatic nitrogens is 2. The number of hydrogen-bond acceptors (Lipinski definition) is 9. The number of amides is 1. The van der Waals surface area contributed by atoms with Gasteiger partial charge in [0.05, 0.1) is 17.9 Å². The van der Waals surface area contributed by atoms with Gasteiger partial charge in [-0.25, -0.2) is 0 Å². The Morgan fingerprint density at radius 1 is 1.18 bits per heavy atom. The van der Waals surface area contributed by atoms with Crippen molar-refractivity contribution in [1.29, 1.82) is 5.41 Å². The molecule has 10 heteroatoms. The number of likely N-dealkylation sites (N-methyl/N-ethyl adjacent to an activating group) is 1. The largest absolute Gasteiger partial charge is 0.462 e. The van der Waals surface area contributed by atoms with Crippen molar-refractivity contribution in [2.45, 2.75) is 51.6 Å². The summed E-state index contributed by atoms with van der Waals surface area (Å²) < 4.78 is 6.26. The van der Waals surface area contributed by atoms with Gasteiger partial charge in [0, 0.05) is 61.8 Å². The second kappa shape index (κ2) is 11.8. The van der Waals surface area contributed by atoms with E-state index in [1.54, 1.807) is 0 Å². The fourth-order valence-electron chi connectivity index (χ4n) is 6.14. The molecule has 0 bridgehead atoms. The van der Waals surface area contributed by atoms with E-state index < -0.39 is 0 Å². The summed E-state index contributed by atoms with van der Waals surface area (Å²) in [6.45, 7) is 13.6. The molecule has 2 saturated heterocycles. The molecule has 1 atom stereocenters. The average Bonchev–Trinajstić information content (AvgIpc) is 3.38. The summed E-state index contributed by atoms with van der Waals surface area (Å²) in [7, 11) is 2.14. The summed E-state index contributed by atoms with van der Waals surface area (Å²) >= 11 is 0. The maximum Gasteiger partial charge on any atom is 0.318 e. The zero-order chi connectivity index (χ0) is 28.4. The third kappa shape index (κ3) is 5.50. The zero-order valence-corrected chi connectivity index (χ0v) is 24.0. The summed E-state index contributed by atoms with van der Waals surface area (Å²) in [4.78, 5) is 30.8. The highest BCUT2D eigenvalue weighted by molar-refractivity contribution is 5.94. The number of nitrogens with zero attached hydrogens (tertiary/aromatic N) is 6. The molecule has 5 rings (SSSR count). The van der Waals surface area contributed by atoms with E-state index in [2.05, 4.69) is 48.2 Å². The van der Waals surface area contributed by atoms with Gasteiger partial charge in [-0.2, -0.15) is 9.97 Å². The molecule has 0 radical (unpaired) electrons. The number of hydrogen-bond donors (Lipinski definition) is 2. The predicted octanol–water partition coefficient (Wildman–Crippen LogP) is 3.05. The molecular formula is C30H42N8O2. The molecule has 0 saturated carbocycles. The van der Waals surface area contributed by atoms with Crippen molar-refractivity contribution in [3.63, 3.8) is 0 Å². The average molecular weight is 547 g/mol. The molecule has 4 heterocycles. The molecule has 2 fully saturated rings. The molecular weight excluding hydrogens is 504 g/mol. The van der Waals surface area contributed by atoms with Gasteiger partial charge >= 0.3 is 6.01 Å². The van der Waals surface area contributed by atoms with Gasteiger partial charge in [0.1, 0.15) is 12.4 Å². The topological polar surface area (TPSA) is 115 Å². The summed E-state index contributed by atoms with van der Waals surface area (Å²) in [6.07, 6.45) is 5.81. The minimum atomic E-state index is -0.0326. The first-order valence-corrected chi connectivity index (χ1v) is 14.4. The fraction of sp³-hybridized carbons (Fsp3) is 0.533. The Hall–Kier alpha value is -3.66. The second-order valence-electron chi connectivity index (χ2n) is 11.3. The maximum absolute atomic E-state index is 12.2. The van der Waals surface area contributed by atoms with Crippen molar-refractivity contribution >= 4 is 29.3 Å². The highest BCUT2D eigenvalue weighted by atomic mass is 16.5. The van der Waals surface area contributed by atoms with Gasteiger partial charge in [-0.05, 0) is 56.5 Å². The SMILES string of the molecule is C=CC(=O)N1CCN(c2nc(OC[C@@H]3CCCN3C)nc3c2CCN(c2c(C(C)C)ccc(N)c2C=N)C3)CC1. The van der Waals surface area contributed by atoms with E-state index in [0.717, 1.165) is 54.3 Å². The Labute approximate surface area is 237 Å². The van der Waals surface area contributed by atoms with Crippen LogP contribution in [-0.4, -0.2) is 90.9 Å². The third-order valence-electron chi connectivity index (χ3n) is 8.53. The maximum atomic E-state index is 12.2. The number of likely N-dealkylation sites (tertiary alicyclic amines) is 1. The van der Waals surface area contributed by atoms with Gasteiger partial charge in [-0.1, -0.05) is 26.5 Å². The number of carbonyl (C=O) groups excluding carboxylic acids is 1. The van der Waals surface area contributed by atoms with Gasteiger partial charge in [0.2, 0.25) is 5.91 Å². The predicted molar refractivity (Wildman–Crippen MR) is 160 cm³/mol. The van der Waals surface area contributed by atoms with Crippen molar-refractivity contribution in [3.05, 3.63) is 47.2 Å². The lowest BCUT2D eigenvalue weighted by molar-refractivity contribution is -0.126. The van der Waals surface area contributed by atoms with Gasteiger partial charge in [0.15, 0.2) is 0 Å². The molecule has 0 aliphatic carbocycles. The highest BCUT2D eigenvalue weighted by Gasteiger charge is 2.31. The summed E-state index contributed by atoms with van der Waals surface area (Å²) in [6, 6.07) is 4.76. The number of nitrogen functional groups attached to an aromatic ring is 1. The summed E-state index contributed by atoms with van der Waals surface area (Å²) in [5.41, 5.74) is 12.0. The summed E-state index contributed by atoms with van der Waals surface area (Å²) in [5.74, 6) is 1.16. The molecule has 1 aromatic carbocycles. The molecule has 0 spiro atoms. The lowest BCUT2D eigenvalue weighted by Gasteiger charge is -2.38. The number of carbonyl (C=O) groups is 1. The van der Waals surface area contributed by atoms with E-state index in [0.29, 0.717) is 57.1 Å². The van der Waals surface area contributed by atoms with Crippen molar-refractivity contribution < 1.29 is 9.53 Å². The first-order chi connectivity index (χ1) is 19.3. The van der Waals surface area contributed by atoms with Crippen LogP contribution in [0.2, 0.25) is 0 Å². The molecule has 3 aliphatic heterocycles. The molecule has 0 unspecified atom stereocenters. The monoisotopic (exact) mass is 546 g/mol. The standard InChI is InChI=1S/C30H42N8O2/c1-5-27(39)36-13-15-37(16-14-36)29-23-10-12-38(28-22(20(2)3)8-9-25(32)24(28)17-31)18-26(23)33-30(34-29)40-19-21-7-6-11-35(21)4/h5,8-9,17,20-21,31H,1,6-7,10-16,18-19,32H2,2-4H3/t21-/m0/s1. The smallest absolute Gasteiger partial charge is 0.318 e. The molecule has 1 aromatic heterocycles. The van der Waals surface area contributed by atoms with Crippen LogP contribution in [0.25, 0.3) is 0 Å². The molecule has 3 aliphatic rings. The van der Waals surface area contributed by atoms with Crippen LogP contribution in [0, 0.1) is 5.41 Å². The van der Waals surface area contributed by atoms with Gasteiger partial charge in [-0.3, -0.25) is 4.79 Å². The van der Waals surface area contributed by atoms with Crippen LogP contribution < -0.4 is 20.3 Å². The Bertz CT molecular complexity index is 1270. The summed E-state index contributed by atoms with van der Waals surface area (Å²) in [5, 5.41) is 8.12. The Balaban J connectivity index is 1.48. The molecule has 40 heavy (non-hydrogen) atoms. The van der Waals surface area contributed by atoms with Gasteiger partial charge in [-0.15, -0.1) is 0 Å².